The molecule has 0 aromatic carbocycles. The van der Waals surface area contributed by atoms with Crippen LogP contribution in [-0.4, -0.2) is 9.19 Å². The standard InChI is InChI=1S/C5H8FN3S.CH4/c1-2-4-3-5(7)8-9(4)10-6;/h3H,2H2,1H3,(H2,7,8);1H4. The molecule has 1 rings (SSSR count). The zero-order chi connectivity index (χ0) is 7.56. The van der Waals surface area contributed by atoms with E-state index in [0.717, 1.165) is 12.1 Å². The lowest BCUT2D eigenvalue weighted by atomic mass is 10.3. The van der Waals surface area contributed by atoms with E-state index in [-0.39, 0.29) is 19.8 Å². The summed E-state index contributed by atoms with van der Waals surface area (Å²) in [6.45, 7) is 1.92. The Morgan fingerprint density at radius 2 is 2.45 bits per heavy atom. The minimum Gasteiger partial charge on any atom is -0.382 e. The number of nitrogens with two attached hydrogens (primary N) is 1. The maximum Gasteiger partial charge on any atom is 0.187 e. The van der Waals surface area contributed by atoms with E-state index < -0.39 is 0 Å². The number of nitrogen functional groups attached to an aromatic ring is 1. The minimum absolute atomic E-state index is 0. The first kappa shape index (κ1) is 10.3. The average Bonchev–Trinajstić information content (AvgIpc) is 2.30. The fourth-order valence-corrected chi connectivity index (χ4v) is 1.12. The number of halogens is 1. The second-order valence-corrected chi connectivity index (χ2v) is 2.34. The summed E-state index contributed by atoms with van der Waals surface area (Å²) in [7, 11) is 0. The fourth-order valence-electron chi connectivity index (χ4n) is 0.721. The van der Waals surface area contributed by atoms with Crippen LogP contribution in [-0.2, 0) is 6.42 Å². The van der Waals surface area contributed by atoms with Crippen LogP contribution in [0.3, 0.4) is 0 Å². The Bertz CT molecular complexity index is 202. The lowest BCUT2D eigenvalue weighted by molar-refractivity contribution is 0.846. The van der Waals surface area contributed by atoms with Crippen molar-refractivity contribution in [3.8, 4) is 0 Å². The van der Waals surface area contributed by atoms with Crippen LogP contribution in [0.4, 0.5) is 9.70 Å². The van der Waals surface area contributed by atoms with Gasteiger partial charge < -0.3 is 5.73 Å². The predicted molar refractivity (Wildman–Crippen MR) is 46.8 cm³/mol. The molecule has 1 aromatic heterocycles. The zero-order valence-corrected chi connectivity index (χ0v) is 6.36. The van der Waals surface area contributed by atoms with Gasteiger partial charge in [-0.2, -0.15) is 4.09 Å². The summed E-state index contributed by atoms with van der Waals surface area (Å²) in [5, 5.41) is 3.68. The highest BCUT2D eigenvalue weighted by Gasteiger charge is 2.02. The van der Waals surface area contributed by atoms with Crippen LogP contribution >= 0.6 is 12.3 Å². The van der Waals surface area contributed by atoms with Gasteiger partial charge in [0.2, 0.25) is 0 Å². The maximum absolute atomic E-state index is 11.9. The lowest BCUT2D eigenvalue weighted by Crippen LogP contribution is -1.92. The van der Waals surface area contributed by atoms with Crippen LogP contribution in [0.5, 0.6) is 0 Å². The molecule has 0 aliphatic heterocycles. The molecule has 0 atom stereocenters. The van der Waals surface area contributed by atoms with Crippen LogP contribution in [0, 0.1) is 0 Å². The molecule has 0 saturated heterocycles. The van der Waals surface area contributed by atoms with Gasteiger partial charge in [0.1, 0.15) is 5.82 Å². The molecule has 0 aliphatic carbocycles. The Balaban J connectivity index is 0.000001000. The summed E-state index contributed by atoms with van der Waals surface area (Å²) in [6.07, 6.45) is 0.737. The lowest BCUT2D eigenvalue weighted by Gasteiger charge is -1.93. The van der Waals surface area contributed by atoms with Crippen LogP contribution in [0.25, 0.3) is 0 Å². The molecule has 1 heterocycles. The van der Waals surface area contributed by atoms with Crippen LogP contribution in [0.1, 0.15) is 20.0 Å². The molecular formula is C6H12FN3S. The average molecular weight is 177 g/mol. The van der Waals surface area contributed by atoms with Crippen molar-refractivity contribution in [2.75, 3.05) is 5.73 Å². The van der Waals surface area contributed by atoms with E-state index in [1.807, 2.05) is 6.92 Å². The van der Waals surface area contributed by atoms with Crippen LogP contribution in [0.2, 0.25) is 0 Å². The molecule has 0 spiro atoms. The summed E-state index contributed by atoms with van der Waals surface area (Å²) in [5.41, 5.74) is 6.11. The molecule has 0 unspecified atom stereocenters. The van der Waals surface area contributed by atoms with E-state index in [2.05, 4.69) is 5.10 Å². The molecule has 3 nitrogen and oxygen atoms in total. The predicted octanol–water partition coefficient (Wildman–Crippen LogP) is 2.04. The van der Waals surface area contributed by atoms with Crippen molar-refractivity contribution in [2.45, 2.75) is 20.8 Å². The molecule has 0 radical (unpaired) electrons. The highest BCUT2D eigenvalue weighted by molar-refractivity contribution is 7.92. The van der Waals surface area contributed by atoms with Crippen molar-refractivity contribution in [1.82, 2.24) is 9.19 Å². The monoisotopic (exact) mass is 177 g/mol. The van der Waals surface area contributed by atoms with E-state index in [1.165, 1.54) is 4.09 Å². The quantitative estimate of drug-likeness (QED) is 0.751. The van der Waals surface area contributed by atoms with Gasteiger partial charge in [-0.25, -0.2) is 0 Å². The highest BCUT2D eigenvalue weighted by atomic mass is 32.2. The number of aryl methyl sites for hydroxylation is 1. The molecule has 0 bridgehead atoms. The van der Waals surface area contributed by atoms with Crippen molar-refractivity contribution in [2.24, 2.45) is 0 Å². The Kier molecular flexibility index (Phi) is 3.95. The van der Waals surface area contributed by atoms with Gasteiger partial charge in [-0.15, -0.1) is 8.98 Å². The molecule has 0 aliphatic rings. The van der Waals surface area contributed by atoms with E-state index in [9.17, 15) is 3.89 Å². The molecule has 0 amide bonds. The van der Waals surface area contributed by atoms with Crippen molar-refractivity contribution in [1.29, 1.82) is 0 Å². The first-order chi connectivity index (χ1) is 4.77. The Hall–Kier alpha value is -0.710. The van der Waals surface area contributed by atoms with Crippen molar-refractivity contribution < 1.29 is 3.89 Å². The smallest absolute Gasteiger partial charge is 0.187 e. The first-order valence-electron chi connectivity index (χ1n) is 2.91. The Labute approximate surface area is 70.2 Å². The van der Waals surface area contributed by atoms with E-state index >= 15 is 0 Å². The molecule has 1 aromatic rings. The molecule has 64 valence electrons. The third-order valence-electron chi connectivity index (χ3n) is 1.19. The molecule has 2 N–H and O–H groups in total. The fraction of sp³-hybridized carbons (Fsp3) is 0.500. The normalized spacial score (nSPS) is 9.27. The number of rotatable bonds is 2. The number of anilines is 1. The summed E-state index contributed by atoms with van der Waals surface area (Å²) in [6, 6.07) is 1.66. The molecule has 0 saturated carbocycles. The van der Waals surface area contributed by atoms with Gasteiger partial charge >= 0.3 is 0 Å². The van der Waals surface area contributed by atoms with Gasteiger partial charge in [-0.05, 0) is 6.42 Å². The third kappa shape index (κ3) is 2.11. The second-order valence-electron chi connectivity index (χ2n) is 1.86. The number of hydrogen-bond acceptors (Lipinski definition) is 3. The molecular weight excluding hydrogens is 165 g/mol. The number of aromatic nitrogens is 2. The minimum atomic E-state index is 0. The van der Waals surface area contributed by atoms with Crippen LogP contribution < -0.4 is 5.73 Å². The van der Waals surface area contributed by atoms with Gasteiger partial charge in [0.05, 0.1) is 5.69 Å². The molecule has 11 heavy (non-hydrogen) atoms. The van der Waals surface area contributed by atoms with E-state index in [0.29, 0.717) is 5.82 Å². The largest absolute Gasteiger partial charge is 0.382 e. The Morgan fingerprint density at radius 3 is 2.82 bits per heavy atom. The highest BCUT2D eigenvalue weighted by Crippen LogP contribution is 2.14. The van der Waals surface area contributed by atoms with E-state index in [4.69, 9.17) is 5.73 Å². The Morgan fingerprint density at radius 1 is 1.82 bits per heavy atom. The summed E-state index contributed by atoms with van der Waals surface area (Å²) in [4.78, 5) is 0. The van der Waals surface area contributed by atoms with Gasteiger partial charge in [-0.1, -0.05) is 14.4 Å². The topological polar surface area (TPSA) is 43.8 Å². The summed E-state index contributed by atoms with van der Waals surface area (Å²) in [5.74, 6) is 0.363. The van der Waals surface area contributed by atoms with Gasteiger partial charge in [0.15, 0.2) is 12.3 Å². The first-order valence-corrected chi connectivity index (χ1v) is 3.58. The van der Waals surface area contributed by atoms with Crippen LogP contribution in [0.15, 0.2) is 6.07 Å². The number of hydrogen-bond donors (Lipinski definition) is 1. The third-order valence-corrected chi connectivity index (χ3v) is 1.64. The van der Waals surface area contributed by atoms with Crippen molar-refractivity contribution in [3.63, 3.8) is 0 Å². The van der Waals surface area contributed by atoms with E-state index in [1.54, 1.807) is 6.07 Å². The summed E-state index contributed by atoms with van der Waals surface area (Å²) < 4.78 is 13.1. The SMILES string of the molecule is C.CCc1cc(N)nn1SF. The summed E-state index contributed by atoms with van der Waals surface area (Å²) >= 11 is 0.0664. The molecule has 5 heteroatoms. The van der Waals surface area contributed by atoms with Crippen molar-refractivity contribution in [3.05, 3.63) is 11.8 Å². The van der Waals surface area contributed by atoms with Gasteiger partial charge in [0, 0.05) is 6.07 Å². The molecule has 0 fully saturated rings. The van der Waals surface area contributed by atoms with Gasteiger partial charge in [0.25, 0.3) is 0 Å². The number of nitrogens with zero attached hydrogens (tertiary/aromatic N) is 2. The van der Waals surface area contributed by atoms with Gasteiger partial charge in [-0.3, -0.25) is 0 Å². The van der Waals surface area contributed by atoms with Crippen molar-refractivity contribution >= 4 is 18.2 Å². The zero-order valence-electron chi connectivity index (χ0n) is 5.54. The maximum atomic E-state index is 11.9. The second kappa shape index (κ2) is 4.23.